The summed E-state index contributed by atoms with van der Waals surface area (Å²) in [4.78, 5) is 4.12. The number of hydrogen-bond acceptors (Lipinski definition) is 3. The van der Waals surface area contributed by atoms with Gasteiger partial charge in [0.1, 0.15) is 13.1 Å². The summed E-state index contributed by atoms with van der Waals surface area (Å²) < 4.78 is 0. The monoisotopic (exact) mass is 225 g/mol. The zero-order chi connectivity index (χ0) is 10.3. The van der Waals surface area contributed by atoms with Gasteiger partial charge in [0.2, 0.25) is 5.96 Å². The molecule has 84 valence electrons. The SMILES string of the molecule is N=C(N)/N=C(\N)[NH+](CCO)CCO.[Cl-]. The predicted octanol–water partition coefficient (Wildman–Crippen LogP) is -6.93. The van der Waals surface area contributed by atoms with Crippen LogP contribution in [0.5, 0.6) is 0 Å². The average molecular weight is 226 g/mol. The van der Waals surface area contributed by atoms with Gasteiger partial charge in [0.25, 0.3) is 0 Å². The number of quaternary nitrogens is 1. The van der Waals surface area contributed by atoms with Crippen molar-refractivity contribution in [1.29, 1.82) is 5.41 Å². The molecule has 0 radical (unpaired) electrons. The second-order valence-electron chi connectivity index (χ2n) is 2.43. The molecule has 0 bridgehead atoms. The van der Waals surface area contributed by atoms with Gasteiger partial charge in [-0.2, -0.15) is 0 Å². The number of rotatable bonds is 4. The van der Waals surface area contributed by atoms with Crippen LogP contribution in [0.25, 0.3) is 0 Å². The van der Waals surface area contributed by atoms with Crippen LogP contribution in [0.3, 0.4) is 0 Å². The second kappa shape index (κ2) is 8.70. The Bertz CT molecular complexity index is 193. The first-order chi connectivity index (χ1) is 6.11. The molecule has 8 N–H and O–H groups in total. The number of hydrogen-bond donors (Lipinski definition) is 6. The van der Waals surface area contributed by atoms with E-state index >= 15 is 0 Å². The molecule has 0 aliphatic carbocycles. The molecule has 0 amide bonds. The minimum absolute atomic E-state index is 0. The van der Waals surface area contributed by atoms with Gasteiger partial charge in [0.15, 0.2) is 0 Å². The summed E-state index contributed by atoms with van der Waals surface area (Å²) in [6.45, 7) is 0.541. The number of nitrogens with zero attached hydrogens (tertiary/aromatic N) is 1. The third-order valence-electron chi connectivity index (χ3n) is 1.43. The van der Waals surface area contributed by atoms with Crippen molar-refractivity contribution in [2.24, 2.45) is 16.5 Å². The number of aliphatic hydroxyl groups is 2. The summed E-state index contributed by atoms with van der Waals surface area (Å²) in [5, 5.41) is 24.2. The minimum atomic E-state index is -0.383. The van der Waals surface area contributed by atoms with Crippen LogP contribution in [0.15, 0.2) is 4.99 Å². The molecule has 0 rings (SSSR count). The van der Waals surface area contributed by atoms with E-state index in [0.717, 1.165) is 0 Å². The van der Waals surface area contributed by atoms with Crippen LogP contribution in [0, 0.1) is 5.41 Å². The van der Waals surface area contributed by atoms with Crippen LogP contribution in [0.2, 0.25) is 0 Å². The summed E-state index contributed by atoms with van der Waals surface area (Å²) in [5.41, 5.74) is 10.5. The van der Waals surface area contributed by atoms with Gasteiger partial charge in [-0.3, -0.25) is 10.3 Å². The van der Waals surface area contributed by atoms with Crippen molar-refractivity contribution in [1.82, 2.24) is 0 Å². The maximum atomic E-state index is 8.65. The van der Waals surface area contributed by atoms with Crippen LogP contribution in [-0.4, -0.2) is 48.4 Å². The van der Waals surface area contributed by atoms with Gasteiger partial charge in [-0.1, -0.05) is 0 Å². The molecule has 0 aromatic heterocycles. The summed E-state index contributed by atoms with van der Waals surface area (Å²) in [6.07, 6.45) is 0. The fourth-order valence-electron chi connectivity index (χ4n) is 0.860. The smallest absolute Gasteiger partial charge is 0.301 e. The van der Waals surface area contributed by atoms with Crippen LogP contribution in [0.1, 0.15) is 0 Å². The van der Waals surface area contributed by atoms with Gasteiger partial charge in [-0.25, -0.2) is 0 Å². The molecule has 14 heavy (non-hydrogen) atoms. The lowest BCUT2D eigenvalue weighted by Crippen LogP contribution is -3.17. The predicted molar refractivity (Wildman–Crippen MR) is 48.4 cm³/mol. The van der Waals surface area contributed by atoms with Crippen LogP contribution >= 0.6 is 0 Å². The van der Waals surface area contributed by atoms with Crippen LogP contribution < -0.4 is 28.8 Å². The van der Waals surface area contributed by atoms with Crippen molar-refractivity contribution >= 4 is 11.9 Å². The molecule has 0 saturated carbocycles. The molecule has 0 aliphatic rings. The standard InChI is InChI=1S/C6H15N5O2.ClH/c7-5(8)10-6(9)11(1-3-12)2-4-13;/h12-13H,1-4H2,(H5,7,8,9,10);1H. The van der Waals surface area contributed by atoms with Crippen molar-refractivity contribution < 1.29 is 27.5 Å². The van der Waals surface area contributed by atoms with Crippen molar-refractivity contribution in [2.75, 3.05) is 26.3 Å². The Morgan fingerprint density at radius 2 is 1.64 bits per heavy atom. The molecule has 0 aromatic carbocycles. The average Bonchev–Trinajstić information content (AvgIpc) is 2.02. The van der Waals surface area contributed by atoms with E-state index in [1.807, 2.05) is 0 Å². The third-order valence-corrected chi connectivity index (χ3v) is 1.43. The topological polar surface area (TPSA) is 133 Å². The molecule has 0 fully saturated rings. The van der Waals surface area contributed by atoms with Gasteiger partial charge < -0.3 is 34.1 Å². The number of halogens is 1. The molecule has 0 heterocycles. The van der Waals surface area contributed by atoms with Gasteiger partial charge in [0.05, 0.1) is 13.2 Å². The quantitative estimate of drug-likeness (QED) is 0.210. The van der Waals surface area contributed by atoms with E-state index < -0.39 is 0 Å². The second-order valence-corrected chi connectivity index (χ2v) is 2.43. The van der Waals surface area contributed by atoms with Gasteiger partial charge in [0, 0.05) is 0 Å². The summed E-state index contributed by atoms with van der Waals surface area (Å²) in [6, 6.07) is 0. The third kappa shape index (κ3) is 6.61. The first kappa shape index (κ1) is 15.6. The Labute approximate surface area is 88.3 Å². The highest BCUT2D eigenvalue weighted by molar-refractivity contribution is 5.87. The van der Waals surface area contributed by atoms with E-state index in [1.54, 1.807) is 0 Å². The molecule has 0 aromatic rings. The first-order valence-electron chi connectivity index (χ1n) is 3.86. The molecule has 8 heteroatoms. The Morgan fingerprint density at radius 3 is 1.93 bits per heavy atom. The molecule has 7 nitrogen and oxygen atoms in total. The zero-order valence-corrected chi connectivity index (χ0v) is 8.46. The largest absolute Gasteiger partial charge is 1.00 e. The molecule has 0 atom stereocenters. The Hall–Kier alpha value is -0.890. The minimum Gasteiger partial charge on any atom is -1.00 e. The number of nitrogens with one attached hydrogen (secondary N) is 2. The maximum Gasteiger partial charge on any atom is 0.301 e. The molecular formula is C6H16ClN5O2. The fraction of sp³-hybridized carbons (Fsp3) is 0.667. The first-order valence-corrected chi connectivity index (χ1v) is 3.86. The van der Waals surface area contributed by atoms with Gasteiger partial charge >= 0.3 is 5.96 Å². The highest BCUT2D eigenvalue weighted by atomic mass is 35.5. The van der Waals surface area contributed by atoms with E-state index in [-0.39, 0.29) is 37.5 Å². The summed E-state index contributed by atoms with van der Waals surface area (Å²) in [5.74, 6) is -0.276. The molecule has 0 aliphatic heterocycles. The Balaban J connectivity index is 0. The van der Waals surface area contributed by atoms with E-state index in [2.05, 4.69) is 4.99 Å². The lowest BCUT2D eigenvalue weighted by Gasteiger charge is -2.14. The van der Waals surface area contributed by atoms with E-state index in [0.29, 0.717) is 18.0 Å². The molecule has 0 spiro atoms. The fourth-order valence-corrected chi connectivity index (χ4v) is 0.860. The van der Waals surface area contributed by atoms with Crippen LogP contribution in [-0.2, 0) is 0 Å². The Kier molecular flexibility index (Phi) is 9.68. The summed E-state index contributed by atoms with van der Waals surface area (Å²) in [7, 11) is 0. The zero-order valence-electron chi connectivity index (χ0n) is 7.70. The van der Waals surface area contributed by atoms with Crippen molar-refractivity contribution in [3.8, 4) is 0 Å². The highest BCUT2D eigenvalue weighted by Gasteiger charge is 2.12. The molecule has 0 unspecified atom stereocenters. The van der Waals surface area contributed by atoms with Crippen LogP contribution in [0.4, 0.5) is 0 Å². The Morgan fingerprint density at radius 1 is 1.21 bits per heavy atom. The number of aliphatic hydroxyl groups excluding tert-OH is 2. The van der Waals surface area contributed by atoms with Crippen molar-refractivity contribution in [2.45, 2.75) is 0 Å². The summed E-state index contributed by atoms with van der Waals surface area (Å²) >= 11 is 0. The van der Waals surface area contributed by atoms with Crippen molar-refractivity contribution in [3.63, 3.8) is 0 Å². The maximum absolute atomic E-state index is 8.65. The van der Waals surface area contributed by atoms with Crippen molar-refractivity contribution in [3.05, 3.63) is 0 Å². The number of nitrogens with two attached hydrogens (primary N) is 2. The van der Waals surface area contributed by atoms with E-state index in [4.69, 9.17) is 27.1 Å². The number of guanidine groups is 2. The lowest BCUT2D eigenvalue weighted by atomic mass is 10.5. The van der Waals surface area contributed by atoms with E-state index in [9.17, 15) is 0 Å². The van der Waals surface area contributed by atoms with Gasteiger partial charge in [-0.05, 0) is 0 Å². The normalized spacial score (nSPS) is 11.2. The highest BCUT2D eigenvalue weighted by Crippen LogP contribution is 1.61. The van der Waals surface area contributed by atoms with E-state index in [1.165, 1.54) is 0 Å². The van der Waals surface area contributed by atoms with Gasteiger partial charge in [-0.15, -0.1) is 4.99 Å². The molecular weight excluding hydrogens is 210 g/mol. The molecule has 0 saturated heterocycles. The lowest BCUT2D eigenvalue weighted by molar-refractivity contribution is -0.808. The number of aliphatic imine (C=N–C) groups is 1.